The molecule has 23 heavy (non-hydrogen) atoms. The molecule has 120 valence electrons. The molecule has 0 atom stereocenters. The van der Waals surface area contributed by atoms with Gasteiger partial charge in [0.1, 0.15) is 5.82 Å². The van der Waals surface area contributed by atoms with Gasteiger partial charge in [0.2, 0.25) is 0 Å². The number of halogens is 1. The quantitative estimate of drug-likeness (QED) is 0.867. The van der Waals surface area contributed by atoms with Crippen LogP contribution in [0.5, 0.6) is 0 Å². The smallest absolute Gasteiger partial charge is 0.123 e. The summed E-state index contributed by atoms with van der Waals surface area (Å²) in [5.74, 6) is -0.168. The maximum absolute atomic E-state index is 13.0. The lowest BCUT2D eigenvalue weighted by atomic mass is 10.0. The van der Waals surface area contributed by atoms with Crippen molar-refractivity contribution in [1.82, 2.24) is 9.88 Å². The van der Waals surface area contributed by atoms with Gasteiger partial charge >= 0.3 is 0 Å². The zero-order valence-corrected chi connectivity index (χ0v) is 13.1. The van der Waals surface area contributed by atoms with E-state index in [2.05, 4.69) is 31.8 Å². The summed E-state index contributed by atoms with van der Waals surface area (Å²) in [7, 11) is 0. The topological polar surface area (TPSA) is 22.6 Å². The molecule has 4 nitrogen and oxygen atoms in total. The summed E-state index contributed by atoms with van der Waals surface area (Å²) in [5.41, 5.74) is 2.39. The van der Waals surface area contributed by atoms with Crippen LogP contribution in [0.1, 0.15) is 0 Å². The monoisotopic (exact) mass is 312 g/mol. The average molecular weight is 312 g/mol. The minimum atomic E-state index is -0.168. The van der Waals surface area contributed by atoms with Gasteiger partial charge in [0, 0.05) is 69.1 Å². The van der Waals surface area contributed by atoms with E-state index in [0.717, 1.165) is 45.0 Å². The standard InChI is InChI=1S/C18H21FN4/c19-15-1-3-16(4-2-15)21-9-11-22(12-10-21)18-13-23(14-18)17-5-7-20-8-6-17/h1-8,18H,9-14H2. The van der Waals surface area contributed by atoms with Crippen molar-refractivity contribution in [3.8, 4) is 0 Å². The second-order valence-corrected chi connectivity index (χ2v) is 6.26. The van der Waals surface area contributed by atoms with E-state index in [9.17, 15) is 4.39 Å². The summed E-state index contributed by atoms with van der Waals surface area (Å²) in [5, 5.41) is 0. The molecule has 2 aliphatic rings. The van der Waals surface area contributed by atoms with Gasteiger partial charge in [-0.05, 0) is 36.4 Å². The first kappa shape index (κ1) is 14.5. The molecule has 0 saturated carbocycles. The lowest BCUT2D eigenvalue weighted by Gasteiger charge is -2.49. The molecular weight excluding hydrogens is 291 g/mol. The highest BCUT2D eigenvalue weighted by atomic mass is 19.1. The van der Waals surface area contributed by atoms with E-state index >= 15 is 0 Å². The maximum atomic E-state index is 13.0. The van der Waals surface area contributed by atoms with E-state index in [-0.39, 0.29) is 5.82 Å². The highest BCUT2D eigenvalue weighted by molar-refractivity contribution is 5.49. The second-order valence-electron chi connectivity index (χ2n) is 6.26. The lowest BCUT2D eigenvalue weighted by molar-refractivity contribution is 0.157. The van der Waals surface area contributed by atoms with Crippen LogP contribution >= 0.6 is 0 Å². The minimum Gasteiger partial charge on any atom is -0.369 e. The van der Waals surface area contributed by atoms with E-state index in [1.54, 1.807) is 12.1 Å². The van der Waals surface area contributed by atoms with Crippen molar-refractivity contribution in [2.45, 2.75) is 6.04 Å². The Kier molecular flexibility index (Phi) is 3.87. The molecule has 0 unspecified atom stereocenters. The third-order valence-electron chi connectivity index (χ3n) is 4.91. The Morgan fingerprint density at radius 1 is 0.783 bits per heavy atom. The van der Waals surface area contributed by atoms with Crippen LogP contribution in [-0.4, -0.2) is 55.2 Å². The van der Waals surface area contributed by atoms with Crippen molar-refractivity contribution in [3.05, 3.63) is 54.6 Å². The number of anilines is 2. The van der Waals surface area contributed by atoms with Gasteiger partial charge in [-0.3, -0.25) is 9.88 Å². The molecule has 0 N–H and O–H groups in total. The van der Waals surface area contributed by atoms with E-state index < -0.39 is 0 Å². The minimum absolute atomic E-state index is 0.168. The molecule has 5 heteroatoms. The Balaban J connectivity index is 1.29. The van der Waals surface area contributed by atoms with Crippen LogP contribution in [0.2, 0.25) is 0 Å². The number of pyridine rings is 1. The zero-order chi connectivity index (χ0) is 15.6. The molecule has 1 aromatic heterocycles. The van der Waals surface area contributed by atoms with Crippen LogP contribution in [-0.2, 0) is 0 Å². The molecule has 0 amide bonds. The van der Waals surface area contributed by atoms with E-state index in [1.165, 1.54) is 5.69 Å². The van der Waals surface area contributed by atoms with Gasteiger partial charge in [-0.2, -0.15) is 0 Å². The fraction of sp³-hybridized carbons (Fsp3) is 0.389. The number of benzene rings is 1. The number of piperazine rings is 1. The Bertz CT molecular complexity index is 632. The summed E-state index contributed by atoms with van der Waals surface area (Å²) in [6.45, 7) is 6.37. The van der Waals surface area contributed by atoms with E-state index in [0.29, 0.717) is 6.04 Å². The van der Waals surface area contributed by atoms with Crippen LogP contribution in [0.3, 0.4) is 0 Å². The fourth-order valence-electron chi connectivity index (χ4n) is 3.45. The van der Waals surface area contributed by atoms with Crippen LogP contribution in [0.4, 0.5) is 15.8 Å². The molecule has 0 radical (unpaired) electrons. The Labute approximate surface area is 136 Å². The molecule has 0 bridgehead atoms. The highest BCUT2D eigenvalue weighted by Crippen LogP contribution is 2.25. The Hall–Kier alpha value is -2.14. The van der Waals surface area contributed by atoms with Crippen molar-refractivity contribution in [2.24, 2.45) is 0 Å². The van der Waals surface area contributed by atoms with Crippen LogP contribution in [0.25, 0.3) is 0 Å². The molecule has 1 aromatic carbocycles. The first-order valence-corrected chi connectivity index (χ1v) is 8.19. The van der Waals surface area contributed by atoms with Crippen LogP contribution in [0.15, 0.2) is 48.8 Å². The summed E-state index contributed by atoms with van der Waals surface area (Å²) in [4.78, 5) is 11.4. The van der Waals surface area contributed by atoms with Crippen molar-refractivity contribution >= 4 is 11.4 Å². The van der Waals surface area contributed by atoms with E-state index in [4.69, 9.17) is 0 Å². The van der Waals surface area contributed by atoms with Crippen LogP contribution in [0, 0.1) is 5.82 Å². The molecule has 0 spiro atoms. The molecule has 2 fully saturated rings. The predicted octanol–water partition coefficient (Wildman–Crippen LogP) is 2.23. The molecule has 2 aromatic rings. The summed E-state index contributed by atoms with van der Waals surface area (Å²) in [6, 6.07) is 11.6. The van der Waals surface area contributed by atoms with E-state index in [1.807, 2.05) is 24.5 Å². The van der Waals surface area contributed by atoms with Gasteiger partial charge in [-0.1, -0.05) is 0 Å². The molecular formula is C18H21FN4. The zero-order valence-electron chi connectivity index (χ0n) is 13.1. The second kappa shape index (κ2) is 6.16. The fourth-order valence-corrected chi connectivity index (χ4v) is 3.45. The van der Waals surface area contributed by atoms with Gasteiger partial charge in [-0.15, -0.1) is 0 Å². The molecule has 2 saturated heterocycles. The molecule has 4 rings (SSSR count). The van der Waals surface area contributed by atoms with Gasteiger partial charge < -0.3 is 9.80 Å². The molecule has 3 heterocycles. The molecule has 0 aliphatic carbocycles. The lowest BCUT2D eigenvalue weighted by Crippen LogP contribution is -2.63. The normalized spacial score (nSPS) is 19.7. The first-order chi connectivity index (χ1) is 11.3. The molecule has 2 aliphatic heterocycles. The van der Waals surface area contributed by atoms with Crippen molar-refractivity contribution in [2.75, 3.05) is 49.1 Å². The highest BCUT2D eigenvalue weighted by Gasteiger charge is 2.33. The van der Waals surface area contributed by atoms with Gasteiger partial charge in [0.15, 0.2) is 0 Å². The van der Waals surface area contributed by atoms with Crippen LogP contribution < -0.4 is 9.80 Å². The SMILES string of the molecule is Fc1ccc(N2CCN(C3CN(c4ccncc4)C3)CC2)cc1. The first-order valence-electron chi connectivity index (χ1n) is 8.19. The Morgan fingerprint density at radius 3 is 2.04 bits per heavy atom. The average Bonchev–Trinajstić information content (AvgIpc) is 2.56. The maximum Gasteiger partial charge on any atom is 0.123 e. The van der Waals surface area contributed by atoms with Crippen molar-refractivity contribution in [3.63, 3.8) is 0 Å². The van der Waals surface area contributed by atoms with Crippen molar-refractivity contribution in [1.29, 1.82) is 0 Å². The summed E-state index contributed by atoms with van der Waals surface area (Å²) >= 11 is 0. The summed E-state index contributed by atoms with van der Waals surface area (Å²) in [6.07, 6.45) is 3.70. The van der Waals surface area contributed by atoms with Gasteiger partial charge in [0.05, 0.1) is 0 Å². The van der Waals surface area contributed by atoms with Gasteiger partial charge in [-0.25, -0.2) is 4.39 Å². The third kappa shape index (κ3) is 3.01. The number of rotatable bonds is 3. The number of nitrogens with zero attached hydrogens (tertiary/aromatic N) is 4. The number of aromatic nitrogens is 1. The largest absolute Gasteiger partial charge is 0.369 e. The van der Waals surface area contributed by atoms with Gasteiger partial charge in [0.25, 0.3) is 0 Å². The Morgan fingerprint density at radius 2 is 1.39 bits per heavy atom. The summed E-state index contributed by atoms with van der Waals surface area (Å²) < 4.78 is 13.0. The number of hydrogen-bond donors (Lipinski definition) is 0. The predicted molar refractivity (Wildman–Crippen MR) is 90.4 cm³/mol. The van der Waals surface area contributed by atoms with Crippen molar-refractivity contribution < 1.29 is 4.39 Å². The third-order valence-corrected chi connectivity index (χ3v) is 4.91. The number of hydrogen-bond acceptors (Lipinski definition) is 4.